The zero-order chi connectivity index (χ0) is 10.1. The summed E-state index contributed by atoms with van der Waals surface area (Å²) >= 11 is 0. The minimum atomic E-state index is -0.536. The number of nitrogens with two attached hydrogens (primary N) is 1. The quantitative estimate of drug-likeness (QED) is 0.768. The van der Waals surface area contributed by atoms with Crippen LogP contribution in [-0.4, -0.2) is 5.91 Å². The van der Waals surface area contributed by atoms with E-state index in [4.69, 9.17) is 5.73 Å². The Hall–Kier alpha value is -1.38. The molecule has 0 aliphatic heterocycles. The number of benzene rings is 1. The third-order valence-corrected chi connectivity index (χ3v) is 2.83. The van der Waals surface area contributed by atoms with Gasteiger partial charge in [0.25, 0.3) is 0 Å². The summed E-state index contributed by atoms with van der Waals surface area (Å²) in [6.07, 6.45) is 3.03. The minimum Gasteiger partial charge on any atom is -0.366 e. The molecule has 0 heterocycles. The summed E-state index contributed by atoms with van der Waals surface area (Å²) in [7, 11) is 0. The van der Waals surface area contributed by atoms with E-state index in [1.807, 2.05) is 0 Å². The Morgan fingerprint density at radius 2 is 2.14 bits per heavy atom. The van der Waals surface area contributed by atoms with Crippen LogP contribution in [0.3, 0.4) is 0 Å². The van der Waals surface area contributed by atoms with Gasteiger partial charge < -0.3 is 5.73 Å². The predicted molar refractivity (Wildman–Crippen MR) is 51.5 cm³/mol. The van der Waals surface area contributed by atoms with Crippen molar-refractivity contribution in [3.63, 3.8) is 0 Å². The summed E-state index contributed by atoms with van der Waals surface area (Å²) in [6, 6.07) is 4.51. The van der Waals surface area contributed by atoms with E-state index in [9.17, 15) is 9.18 Å². The molecule has 0 bridgehead atoms. The zero-order valence-corrected chi connectivity index (χ0v) is 7.79. The summed E-state index contributed by atoms with van der Waals surface area (Å²) < 4.78 is 13.5. The summed E-state index contributed by atoms with van der Waals surface area (Å²) in [4.78, 5) is 11.1. The number of carbonyl (C=O) groups excluding carboxylic acids is 1. The Labute approximate surface area is 81.9 Å². The average Bonchev–Trinajstić information content (AvgIpc) is 2.04. The fraction of sp³-hybridized carbons (Fsp3) is 0.364. The number of hydrogen-bond donors (Lipinski definition) is 1. The third kappa shape index (κ3) is 1.39. The van der Waals surface area contributed by atoms with Gasteiger partial charge in [-0.1, -0.05) is 12.5 Å². The minimum absolute atomic E-state index is 0.193. The van der Waals surface area contributed by atoms with Gasteiger partial charge in [-0.2, -0.15) is 0 Å². The number of halogens is 1. The number of rotatable bonds is 2. The van der Waals surface area contributed by atoms with Gasteiger partial charge in [0.05, 0.1) is 0 Å². The Bertz CT molecular complexity index is 372. The average molecular weight is 193 g/mol. The maximum atomic E-state index is 13.5. The molecule has 0 aromatic heterocycles. The summed E-state index contributed by atoms with van der Waals surface area (Å²) in [5, 5.41) is 0. The molecular formula is C11H12FNO. The van der Waals surface area contributed by atoms with Crippen LogP contribution in [0.25, 0.3) is 0 Å². The van der Waals surface area contributed by atoms with Crippen LogP contribution in [0.15, 0.2) is 18.2 Å². The number of amides is 1. The molecule has 0 unspecified atom stereocenters. The maximum Gasteiger partial charge on any atom is 0.249 e. The van der Waals surface area contributed by atoms with E-state index >= 15 is 0 Å². The first-order valence-corrected chi connectivity index (χ1v) is 4.78. The number of hydrogen-bond acceptors (Lipinski definition) is 1. The third-order valence-electron chi connectivity index (χ3n) is 2.83. The van der Waals surface area contributed by atoms with Crippen LogP contribution >= 0.6 is 0 Å². The molecule has 74 valence electrons. The van der Waals surface area contributed by atoms with Crippen molar-refractivity contribution in [2.75, 3.05) is 0 Å². The standard InChI is InChI=1S/C11H12FNO/c12-9-6-2-5-8(11(13)14)10(9)7-3-1-4-7/h2,5-7H,1,3-4H2,(H2,13,14). The molecule has 1 aliphatic rings. The van der Waals surface area contributed by atoms with Crippen molar-refractivity contribution in [1.29, 1.82) is 0 Å². The smallest absolute Gasteiger partial charge is 0.249 e. The molecule has 2 nitrogen and oxygen atoms in total. The van der Waals surface area contributed by atoms with Gasteiger partial charge in [0.2, 0.25) is 5.91 Å². The molecule has 1 aromatic rings. The highest BCUT2D eigenvalue weighted by atomic mass is 19.1. The van der Waals surface area contributed by atoms with Crippen molar-refractivity contribution < 1.29 is 9.18 Å². The van der Waals surface area contributed by atoms with E-state index in [0.29, 0.717) is 11.1 Å². The van der Waals surface area contributed by atoms with Crippen molar-refractivity contribution in [1.82, 2.24) is 0 Å². The van der Waals surface area contributed by atoms with Crippen LogP contribution < -0.4 is 5.73 Å². The second-order valence-corrected chi connectivity index (χ2v) is 3.69. The first-order valence-electron chi connectivity index (χ1n) is 4.78. The number of carbonyl (C=O) groups is 1. The van der Waals surface area contributed by atoms with E-state index in [-0.39, 0.29) is 11.7 Å². The van der Waals surface area contributed by atoms with Gasteiger partial charge in [0.15, 0.2) is 0 Å². The van der Waals surface area contributed by atoms with Crippen LogP contribution in [0.4, 0.5) is 4.39 Å². The van der Waals surface area contributed by atoms with Gasteiger partial charge in [-0.15, -0.1) is 0 Å². The molecule has 0 radical (unpaired) electrons. The molecule has 0 saturated heterocycles. The van der Waals surface area contributed by atoms with E-state index in [1.54, 1.807) is 6.07 Å². The van der Waals surface area contributed by atoms with Crippen molar-refractivity contribution >= 4 is 5.91 Å². The van der Waals surface area contributed by atoms with Gasteiger partial charge in [-0.05, 0) is 30.9 Å². The molecule has 2 N–H and O–H groups in total. The van der Waals surface area contributed by atoms with Crippen LogP contribution in [0, 0.1) is 5.82 Å². The van der Waals surface area contributed by atoms with Gasteiger partial charge >= 0.3 is 0 Å². The van der Waals surface area contributed by atoms with E-state index < -0.39 is 5.91 Å². The van der Waals surface area contributed by atoms with Gasteiger partial charge in [-0.25, -0.2) is 4.39 Å². The molecule has 1 aliphatic carbocycles. The lowest BCUT2D eigenvalue weighted by molar-refractivity contribution is 0.0997. The Morgan fingerprint density at radius 3 is 2.64 bits per heavy atom. The van der Waals surface area contributed by atoms with Crippen molar-refractivity contribution in [3.8, 4) is 0 Å². The van der Waals surface area contributed by atoms with Crippen LogP contribution in [0.1, 0.15) is 41.1 Å². The SMILES string of the molecule is NC(=O)c1cccc(F)c1C1CCC1. The lowest BCUT2D eigenvalue weighted by Gasteiger charge is -2.27. The molecule has 1 aromatic carbocycles. The maximum absolute atomic E-state index is 13.5. The molecular weight excluding hydrogens is 181 g/mol. The van der Waals surface area contributed by atoms with Crippen LogP contribution in [0.5, 0.6) is 0 Å². The first-order chi connectivity index (χ1) is 6.70. The fourth-order valence-electron chi connectivity index (χ4n) is 1.86. The van der Waals surface area contributed by atoms with Crippen LogP contribution in [0.2, 0.25) is 0 Å². The Kier molecular flexibility index (Phi) is 2.23. The molecule has 2 rings (SSSR count). The number of primary amides is 1. The summed E-state index contributed by atoms with van der Waals surface area (Å²) in [5.41, 5.74) is 6.06. The highest BCUT2D eigenvalue weighted by Gasteiger charge is 2.26. The molecule has 0 spiro atoms. The molecule has 1 fully saturated rings. The fourth-order valence-corrected chi connectivity index (χ4v) is 1.86. The van der Waals surface area contributed by atoms with Crippen molar-refractivity contribution in [2.45, 2.75) is 25.2 Å². The summed E-state index contributed by atoms with van der Waals surface area (Å²) in [6.45, 7) is 0. The second kappa shape index (κ2) is 3.40. The molecule has 0 atom stereocenters. The first kappa shape index (κ1) is 9.19. The van der Waals surface area contributed by atoms with Gasteiger partial charge in [0, 0.05) is 11.1 Å². The highest BCUT2D eigenvalue weighted by Crippen LogP contribution is 2.39. The predicted octanol–water partition coefficient (Wildman–Crippen LogP) is 2.19. The monoisotopic (exact) mass is 193 g/mol. The highest BCUT2D eigenvalue weighted by molar-refractivity contribution is 5.94. The largest absolute Gasteiger partial charge is 0.366 e. The Balaban J connectivity index is 2.47. The lowest BCUT2D eigenvalue weighted by Crippen LogP contribution is -2.20. The van der Waals surface area contributed by atoms with Gasteiger partial charge in [0.1, 0.15) is 5.82 Å². The van der Waals surface area contributed by atoms with Gasteiger partial charge in [-0.3, -0.25) is 4.79 Å². The Morgan fingerprint density at radius 1 is 1.43 bits per heavy atom. The molecule has 14 heavy (non-hydrogen) atoms. The van der Waals surface area contributed by atoms with E-state index in [2.05, 4.69) is 0 Å². The van der Waals surface area contributed by atoms with E-state index in [0.717, 1.165) is 19.3 Å². The van der Waals surface area contributed by atoms with E-state index in [1.165, 1.54) is 12.1 Å². The second-order valence-electron chi connectivity index (χ2n) is 3.69. The normalized spacial score (nSPS) is 16.4. The molecule has 1 saturated carbocycles. The molecule has 3 heteroatoms. The lowest BCUT2D eigenvalue weighted by atomic mass is 9.78. The van der Waals surface area contributed by atoms with Crippen molar-refractivity contribution in [2.24, 2.45) is 5.73 Å². The summed E-state index contributed by atoms with van der Waals surface area (Å²) in [5.74, 6) is -0.642. The topological polar surface area (TPSA) is 43.1 Å². The molecule has 1 amide bonds. The van der Waals surface area contributed by atoms with Crippen LogP contribution in [-0.2, 0) is 0 Å². The van der Waals surface area contributed by atoms with Crippen molar-refractivity contribution in [3.05, 3.63) is 35.1 Å². The zero-order valence-electron chi connectivity index (χ0n) is 7.79.